The fourth-order valence-electron chi connectivity index (χ4n) is 3.61. The maximum Gasteiger partial charge on any atom is 0.253 e. The summed E-state index contributed by atoms with van der Waals surface area (Å²) < 4.78 is 0. The first-order chi connectivity index (χ1) is 15.1. The summed E-state index contributed by atoms with van der Waals surface area (Å²) in [5, 5.41) is 4.76. The van der Waals surface area contributed by atoms with Crippen molar-refractivity contribution in [1.29, 1.82) is 0 Å². The van der Waals surface area contributed by atoms with Gasteiger partial charge in [0.1, 0.15) is 5.82 Å². The number of hydrogen-bond donors (Lipinski definition) is 1. The highest BCUT2D eigenvalue weighted by Gasteiger charge is 2.18. The number of hydrogen-bond acceptors (Lipinski definition) is 5. The van der Waals surface area contributed by atoms with E-state index >= 15 is 0 Å². The summed E-state index contributed by atoms with van der Waals surface area (Å²) in [5.74, 6) is 0.763. The number of nitrogens with zero attached hydrogens (tertiary/aromatic N) is 4. The van der Waals surface area contributed by atoms with E-state index in [4.69, 9.17) is 11.6 Å². The van der Waals surface area contributed by atoms with Crippen LogP contribution in [0.4, 0.5) is 5.82 Å². The molecule has 3 aromatic rings. The number of halogens is 1. The molecule has 1 aliphatic rings. The lowest BCUT2D eigenvalue weighted by Gasteiger charge is -2.26. The van der Waals surface area contributed by atoms with Crippen molar-refractivity contribution < 1.29 is 4.79 Å². The van der Waals surface area contributed by atoms with Crippen molar-refractivity contribution in [3.05, 3.63) is 76.7 Å². The first-order valence-electron chi connectivity index (χ1n) is 10.4. The van der Waals surface area contributed by atoms with Crippen LogP contribution in [0.5, 0.6) is 0 Å². The third kappa shape index (κ3) is 5.09. The van der Waals surface area contributed by atoms with Crippen LogP contribution in [0.15, 0.2) is 60.1 Å². The molecule has 0 radical (unpaired) electrons. The molecule has 0 bridgehead atoms. The van der Waals surface area contributed by atoms with Gasteiger partial charge in [0.15, 0.2) is 0 Å². The van der Waals surface area contributed by atoms with Crippen LogP contribution in [0.3, 0.4) is 0 Å². The summed E-state index contributed by atoms with van der Waals surface area (Å²) in [6.07, 6.45) is 10.0. The van der Waals surface area contributed by atoms with Crippen molar-refractivity contribution in [2.45, 2.75) is 26.2 Å². The summed E-state index contributed by atoms with van der Waals surface area (Å²) in [4.78, 5) is 23.2. The maximum absolute atomic E-state index is 12.8. The van der Waals surface area contributed by atoms with E-state index in [1.54, 1.807) is 30.9 Å². The molecule has 0 spiro atoms. The molecule has 7 heteroatoms. The Morgan fingerprint density at radius 2 is 1.97 bits per heavy atom. The van der Waals surface area contributed by atoms with Crippen LogP contribution in [0, 0.1) is 6.92 Å². The van der Waals surface area contributed by atoms with Crippen molar-refractivity contribution in [3.8, 4) is 11.1 Å². The lowest BCUT2D eigenvalue weighted by molar-refractivity contribution is 0.0724. The number of aryl methyl sites for hydroxylation is 1. The van der Waals surface area contributed by atoms with Crippen molar-refractivity contribution >= 4 is 29.5 Å². The number of amides is 1. The zero-order chi connectivity index (χ0) is 21.6. The van der Waals surface area contributed by atoms with Gasteiger partial charge in [0.2, 0.25) is 0 Å². The molecule has 1 aliphatic heterocycles. The minimum Gasteiger partial charge on any atom is -0.339 e. The van der Waals surface area contributed by atoms with Crippen LogP contribution in [0.2, 0.25) is 5.02 Å². The van der Waals surface area contributed by atoms with Gasteiger partial charge in [-0.25, -0.2) is 4.98 Å². The predicted octanol–water partition coefficient (Wildman–Crippen LogP) is 5.18. The Morgan fingerprint density at radius 3 is 2.74 bits per heavy atom. The molecule has 1 N–H and O–H groups in total. The highest BCUT2D eigenvalue weighted by Crippen LogP contribution is 2.25. The van der Waals surface area contributed by atoms with E-state index in [-0.39, 0.29) is 5.91 Å². The zero-order valence-corrected chi connectivity index (χ0v) is 18.1. The quantitative estimate of drug-likeness (QED) is 0.444. The number of rotatable bonds is 5. The molecule has 0 saturated carbocycles. The third-order valence-corrected chi connectivity index (χ3v) is 5.66. The standard InChI is InChI=1S/C24H24ClN5O/c1-17-12-21(14-27-23(17)29-28-15-20-8-9-26-16-22(20)25)18-6-5-7-19(13-18)24(31)30-10-3-2-4-11-30/h5-9,12-16H,2-4,10-11H2,1H3,(H,27,29)/b28-15+. The summed E-state index contributed by atoms with van der Waals surface area (Å²) in [6, 6.07) is 11.6. The Balaban J connectivity index is 1.49. The highest BCUT2D eigenvalue weighted by molar-refractivity contribution is 6.32. The number of anilines is 1. The molecule has 6 nitrogen and oxygen atoms in total. The SMILES string of the molecule is Cc1cc(-c2cccc(C(=O)N3CCCCC3)c2)cnc1N/N=C/c1ccncc1Cl. The van der Waals surface area contributed by atoms with Crippen LogP contribution in [-0.4, -0.2) is 40.1 Å². The van der Waals surface area contributed by atoms with Gasteiger partial charge in [-0.2, -0.15) is 5.10 Å². The van der Waals surface area contributed by atoms with Gasteiger partial charge in [-0.05, 0) is 61.6 Å². The molecule has 1 fully saturated rings. The van der Waals surface area contributed by atoms with Gasteiger partial charge in [-0.1, -0.05) is 23.7 Å². The number of nitrogens with one attached hydrogen (secondary N) is 1. The summed E-state index contributed by atoms with van der Waals surface area (Å²) >= 11 is 6.09. The predicted molar refractivity (Wildman–Crippen MR) is 125 cm³/mol. The molecule has 0 aliphatic carbocycles. The van der Waals surface area contributed by atoms with E-state index in [1.807, 2.05) is 42.2 Å². The Bertz CT molecular complexity index is 1110. The largest absolute Gasteiger partial charge is 0.339 e. The molecule has 2 aromatic heterocycles. The molecule has 0 atom stereocenters. The topological polar surface area (TPSA) is 70.5 Å². The molecule has 31 heavy (non-hydrogen) atoms. The van der Waals surface area contributed by atoms with E-state index < -0.39 is 0 Å². The second kappa shape index (κ2) is 9.71. The van der Waals surface area contributed by atoms with Crippen LogP contribution in [0.1, 0.15) is 40.7 Å². The Kier molecular flexibility index (Phi) is 6.57. The minimum atomic E-state index is 0.105. The Labute approximate surface area is 187 Å². The van der Waals surface area contributed by atoms with Gasteiger partial charge in [0.05, 0.1) is 11.2 Å². The summed E-state index contributed by atoms with van der Waals surface area (Å²) in [5.41, 5.74) is 7.32. The van der Waals surface area contributed by atoms with Gasteiger partial charge < -0.3 is 4.90 Å². The maximum atomic E-state index is 12.8. The van der Waals surface area contributed by atoms with Gasteiger partial charge in [-0.3, -0.25) is 15.2 Å². The van der Waals surface area contributed by atoms with E-state index in [1.165, 1.54) is 6.42 Å². The molecule has 3 heterocycles. The van der Waals surface area contributed by atoms with Crippen LogP contribution in [-0.2, 0) is 0 Å². The third-order valence-electron chi connectivity index (χ3n) is 5.34. The molecule has 0 unspecified atom stereocenters. The molecular weight excluding hydrogens is 410 g/mol. The Morgan fingerprint density at radius 1 is 1.13 bits per heavy atom. The Hall–Kier alpha value is -3.25. The summed E-state index contributed by atoms with van der Waals surface area (Å²) in [7, 11) is 0. The van der Waals surface area contributed by atoms with Crippen molar-refractivity contribution in [2.24, 2.45) is 5.10 Å². The van der Waals surface area contributed by atoms with E-state index in [0.29, 0.717) is 10.8 Å². The first kappa shape index (κ1) is 21.0. The van der Waals surface area contributed by atoms with Gasteiger partial charge >= 0.3 is 0 Å². The highest BCUT2D eigenvalue weighted by atomic mass is 35.5. The van der Waals surface area contributed by atoms with E-state index in [0.717, 1.165) is 53.7 Å². The van der Waals surface area contributed by atoms with Crippen molar-refractivity contribution in [2.75, 3.05) is 18.5 Å². The lowest BCUT2D eigenvalue weighted by Crippen LogP contribution is -2.35. The van der Waals surface area contributed by atoms with Gasteiger partial charge in [0, 0.05) is 48.4 Å². The number of aromatic nitrogens is 2. The second-order valence-corrected chi connectivity index (χ2v) is 8.00. The normalized spacial score (nSPS) is 14.1. The smallest absolute Gasteiger partial charge is 0.253 e. The number of piperidine rings is 1. The van der Waals surface area contributed by atoms with Crippen LogP contribution >= 0.6 is 11.6 Å². The first-order valence-corrected chi connectivity index (χ1v) is 10.7. The van der Waals surface area contributed by atoms with Crippen molar-refractivity contribution in [3.63, 3.8) is 0 Å². The monoisotopic (exact) mass is 433 g/mol. The fraction of sp³-hybridized carbons (Fsp3) is 0.250. The van der Waals surface area contributed by atoms with E-state index in [2.05, 4.69) is 20.5 Å². The number of carbonyl (C=O) groups excluding carboxylic acids is 1. The molecule has 1 amide bonds. The fourth-order valence-corrected chi connectivity index (χ4v) is 3.78. The number of hydrazone groups is 1. The number of likely N-dealkylation sites (tertiary alicyclic amines) is 1. The number of benzene rings is 1. The number of carbonyl (C=O) groups is 1. The number of pyridine rings is 2. The van der Waals surface area contributed by atoms with Crippen molar-refractivity contribution in [1.82, 2.24) is 14.9 Å². The average Bonchev–Trinajstić information content (AvgIpc) is 2.81. The van der Waals surface area contributed by atoms with Crippen LogP contribution in [0.25, 0.3) is 11.1 Å². The average molecular weight is 434 g/mol. The van der Waals surface area contributed by atoms with Gasteiger partial charge in [-0.15, -0.1) is 0 Å². The van der Waals surface area contributed by atoms with Crippen LogP contribution < -0.4 is 5.43 Å². The zero-order valence-electron chi connectivity index (χ0n) is 17.4. The van der Waals surface area contributed by atoms with Gasteiger partial charge in [0.25, 0.3) is 5.91 Å². The lowest BCUT2D eigenvalue weighted by atomic mass is 10.0. The summed E-state index contributed by atoms with van der Waals surface area (Å²) in [6.45, 7) is 3.65. The second-order valence-electron chi connectivity index (χ2n) is 7.59. The van der Waals surface area contributed by atoms with E-state index in [9.17, 15) is 4.79 Å². The molecule has 1 saturated heterocycles. The molecule has 158 valence electrons. The molecule has 1 aromatic carbocycles. The molecular formula is C24H24ClN5O. The molecule has 4 rings (SSSR count). The minimum absolute atomic E-state index is 0.105.